The van der Waals surface area contributed by atoms with Crippen molar-refractivity contribution in [3.05, 3.63) is 35.6 Å². The van der Waals surface area contributed by atoms with Crippen molar-refractivity contribution in [2.45, 2.75) is 58.7 Å². The van der Waals surface area contributed by atoms with Crippen LogP contribution in [0.25, 0.3) is 11.0 Å². The first-order chi connectivity index (χ1) is 11.7. The number of hydrogen-bond acceptors (Lipinski definition) is 4. The second-order valence-electron chi connectivity index (χ2n) is 7.62. The molecule has 1 fully saturated rings. The molecule has 1 saturated carbocycles. The Morgan fingerprint density at radius 1 is 1.44 bits per heavy atom. The monoisotopic (exact) mass is 344 g/mol. The van der Waals surface area contributed by atoms with Crippen LogP contribution < -0.4 is 11.1 Å². The zero-order valence-corrected chi connectivity index (χ0v) is 15.7. The molecule has 1 aliphatic rings. The molecule has 5 heteroatoms. The Bertz CT molecular complexity index is 795. The zero-order valence-electron chi connectivity index (χ0n) is 15.7. The number of carbonyl (C=O) groups is 1. The molecule has 1 aromatic heterocycles. The maximum Gasteiger partial charge on any atom is 0.241 e. The summed E-state index contributed by atoms with van der Waals surface area (Å²) in [5.41, 5.74) is 7.01. The van der Waals surface area contributed by atoms with Crippen LogP contribution >= 0.6 is 0 Å². The highest BCUT2D eigenvalue weighted by Crippen LogP contribution is 2.50. The van der Waals surface area contributed by atoms with Gasteiger partial charge in [0.1, 0.15) is 16.9 Å². The number of fused-ring (bicyclic) bond motifs is 1. The van der Waals surface area contributed by atoms with Gasteiger partial charge in [0.2, 0.25) is 5.91 Å². The Balaban J connectivity index is 1.77. The predicted octanol–water partition coefficient (Wildman–Crippen LogP) is 3.45. The Morgan fingerprint density at radius 2 is 2.12 bits per heavy atom. The Hall–Kier alpha value is -1.85. The van der Waals surface area contributed by atoms with Crippen LogP contribution in [0, 0.1) is 12.3 Å². The van der Waals surface area contributed by atoms with E-state index in [1.54, 1.807) is 0 Å². The van der Waals surface area contributed by atoms with Gasteiger partial charge in [0.05, 0.1) is 12.1 Å². The van der Waals surface area contributed by atoms with E-state index >= 15 is 0 Å². The smallest absolute Gasteiger partial charge is 0.241 e. The summed E-state index contributed by atoms with van der Waals surface area (Å²) in [4.78, 5) is 12.9. The molecule has 25 heavy (non-hydrogen) atoms. The molecule has 1 heterocycles. The van der Waals surface area contributed by atoms with Crippen LogP contribution in [0.15, 0.2) is 28.7 Å². The van der Waals surface area contributed by atoms with E-state index < -0.39 is 11.0 Å². The van der Waals surface area contributed by atoms with Crippen LogP contribution in [-0.4, -0.2) is 24.2 Å². The zero-order chi connectivity index (χ0) is 18.4. The van der Waals surface area contributed by atoms with Crippen molar-refractivity contribution in [1.82, 2.24) is 5.32 Å². The molecule has 1 amide bonds. The lowest BCUT2D eigenvalue weighted by molar-refractivity contribution is -0.171. The van der Waals surface area contributed by atoms with E-state index in [-0.39, 0.29) is 18.1 Å². The first-order valence-corrected chi connectivity index (χ1v) is 8.92. The molecule has 0 bridgehead atoms. The minimum absolute atomic E-state index is 0.0106. The lowest BCUT2D eigenvalue weighted by Gasteiger charge is -2.57. The molecule has 3 atom stereocenters. The number of furan rings is 1. The van der Waals surface area contributed by atoms with Gasteiger partial charge in [0.25, 0.3) is 0 Å². The molecule has 136 valence electrons. The van der Waals surface area contributed by atoms with Gasteiger partial charge in [-0.2, -0.15) is 0 Å². The average Bonchev–Trinajstić information content (AvgIpc) is 2.92. The van der Waals surface area contributed by atoms with Crippen molar-refractivity contribution in [1.29, 1.82) is 0 Å². The van der Waals surface area contributed by atoms with E-state index in [0.717, 1.165) is 22.3 Å². The molecular weight excluding hydrogens is 316 g/mol. The quantitative estimate of drug-likeness (QED) is 0.871. The highest BCUT2D eigenvalue weighted by Gasteiger charge is 2.63. The fraction of sp³-hybridized carbons (Fsp3) is 0.550. The third kappa shape index (κ3) is 2.66. The average molecular weight is 344 g/mol. The third-order valence-electron chi connectivity index (χ3n) is 5.86. The molecule has 5 nitrogen and oxygen atoms in total. The van der Waals surface area contributed by atoms with Gasteiger partial charge in [-0.25, -0.2) is 0 Å². The molecule has 3 N–H and O–H groups in total. The second kappa shape index (κ2) is 6.15. The fourth-order valence-corrected chi connectivity index (χ4v) is 3.82. The number of hydrogen-bond donors (Lipinski definition) is 2. The van der Waals surface area contributed by atoms with E-state index in [2.05, 4.69) is 5.32 Å². The largest absolute Gasteiger partial charge is 0.459 e. The summed E-state index contributed by atoms with van der Waals surface area (Å²) in [5, 5.41) is 4.12. The highest BCUT2D eigenvalue weighted by molar-refractivity contribution is 5.89. The molecule has 0 saturated heterocycles. The first-order valence-electron chi connectivity index (χ1n) is 8.92. The summed E-state index contributed by atoms with van der Waals surface area (Å²) >= 11 is 0. The van der Waals surface area contributed by atoms with Crippen molar-refractivity contribution in [3.63, 3.8) is 0 Å². The van der Waals surface area contributed by atoms with Crippen LogP contribution in [0.2, 0.25) is 0 Å². The van der Waals surface area contributed by atoms with Crippen LogP contribution in [0.1, 0.15) is 51.5 Å². The summed E-state index contributed by atoms with van der Waals surface area (Å²) in [7, 11) is 0. The van der Waals surface area contributed by atoms with Gasteiger partial charge in [-0.1, -0.05) is 32.0 Å². The van der Waals surface area contributed by atoms with E-state index in [1.807, 2.05) is 58.9 Å². The number of nitrogens with one attached hydrogen (secondary N) is 1. The van der Waals surface area contributed by atoms with Crippen LogP contribution in [-0.2, 0) is 9.53 Å². The lowest BCUT2D eigenvalue weighted by atomic mass is 9.54. The normalized spacial score (nSPS) is 26.2. The molecular formula is C20H28N2O3. The summed E-state index contributed by atoms with van der Waals surface area (Å²) in [6.45, 7) is 10.5. The maximum absolute atomic E-state index is 12.9. The van der Waals surface area contributed by atoms with E-state index in [1.165, 1.54) is 0 Å². The van der Waals surface area contributed by atoms with Crippen molar-refractivity contribution >= 4 is 16.9 Å². The first kappa shape index (κ1) is 18.0. The van der Waals surface area contributed by atoms with Crippen molar-refractivity contribution in [2.75, 3.05) is 6.61 Å². The number of ether oxygens (including phenoxy) is 1. The number of para-hydroxylation sites is 1. The minimum Gasteiger partial charge on any atom is -0.459 e. The topological polar surface area (TPSA) is 77.5 Å². The van der Waals surface area contributed by atoms with Crippen molar-refractivity contribution in [3.8, 4) is 0 Å². The van der Waals surface area contributed by atoms with Crippen molar-refractivity contribution < 1.29 is 13.9 Å². The highest BCUT2D eigenvalue weighted by atomic mass is 16.5. The van der Waals surface area contributed by atoms with Gasteiger partial charge < -0.3 is 20.2 Å². The van der Waals surface area contributed by atoms with Gasteiger partial charge in [-0.3, -0.25) is 4.79 Å². The van der Waals surface area contributed by atoms with Gasteiger partial charge in [0.15, 0.2) is 0 Å². The number of carbonyl (C=O) groups excluding carboxylic acids is 1. The van der Waals surface area contributed by atoms with Crippen LogP contribution in [0.4, 0.5) is 0 Å². The van der Waals surface area contributed by atoms with Crippen LogP contribution in [0.5, 0.6) is 0 Å². The molecule has 2 aromatic rings. The Kier molecular flexibility index (Phi) is 4.41. The molecule has 3 unspecified atom stereocenters. The van der Waals surface area contributed by atoms with E-state index in [9.17, 15) is 4.79 Å². The fourth-order valence-electron chi connectivity index (χ4n) is 3.82. The molecule has 1 aromatic carbocycles. The van der Waals surface area contributed by atoms with Gasteiger partial charge in [0, 0.05) is 29.4 Å². The van der Waals surface area contributed by atoms with Gasteiger partial charge >= 0.3 is 0 Å². The Morgan fingerprint density at radius 3 is 2.72 bits per heavy atom. The number of nitrogens with two attached hydrogens (primary N) is 1. The van der Waals surface area contributed by atoms with Gasteiger partial charge in [-0.15, -0.1) is 0 Å². The van der Waals surface area contributed by atoms with Crippen molar-refractivity contribution in [2.24, 2.45) is 11.1 Å². The van der Waals surface area contributed by atoms with Crippen LogP contribution in [0.3, 0.4) is 0 Å². The minimum atomic E-state index is -0.930. The summed E-state index contributed by atoms with van der Waals surface area (Å²) in [6, 6.07) is 7.64. The lowest BCUT2D eigenvalue weighted by Crippen LogP contribution is -2.75. The standard InChI is InChI=1S/C20H28N2O3/c1-6-24-16-11-20(21,19(16,4)5)18(23)22-13(3)17-12(2)14-9-7-8-10-15(14)25-17/h7-10,13,16H,6,11,21H2,1-5H3,(H,22,23). The molecule has 1 aliphatic carbocycles. The molecule has 3 rings (SSSR count). The summed E-state index contributed by atoms with van der Waals surface area (Å²) in [5.74, 6) is 0.623. The number of amides is 1. The Labute approximate surface area is 148 Å². The maximum atomic E-state index is 12.9. The number of rotatable bonds is 5. The predicted molar refractivity (Wildman–Crippen MR) is 98.2 cm³/mol. The molecule has 0 radical (unpaired) electrons. The summed E-state index contributed by atoms with van der Waals surface area (Å²) < 4.78 is 11.7. The second-order valence-corrected chi connectivity index (χ2v) is 7.62. The number of aryl methyl sites for hydroxylation is 1. The SMILES string of the molecule is CCOC1CC(N)(C(=O)NC(C)c2oc3ccccc3c2C)C1(C)C. The third-order valence-corrected chi connectivity index (χ3v) is 5.86. The van der Waals surface area contributed by atoms with E-state index in [4.69, 9.17) is 14.9 Å². The molecule has 0 aliphatic heterocycles. The number of benzene rings is 1. The molecule has 0 spiro atoms. The van der Waals surface area contributed by atoms with E-state index in [0.29, 0.717) is 13.0 Å². The van der Waals surface area contributed by atoms with Gasteiger partial charge in [-0.05, 0) is 26.8 Å². The summed E-state index contributed by atoms with van der Waals surface area (Å²) in [6.07, 6.45) is 0.544.